The highest BCUT2D eigenvalue weighted by molar-refractivity contribution is 5.99. The lowest BCUT2D eigenvalue weighted by atomic mass is 10.00. The first kappa shape index (κ1) is 105. The van der Waals surface area contributed by atoms with Crippen molar-refractivity contribution in [2.45, 2.75) is 329 Å². The van der Waals surface area contributed by atoms with E-state index in [0.717, 1.165) is 33.1 Å². The summed E-state index contributed by atoms with van der Waals surface area (Å²) in [5.41, 5.74) is -4.48. The van der Waals surface area contributed by atoms with Gasteiger partial charge in [-0.05, 0) is 181 Å². The molecule has 0 bridgehead atoms. The molecule has 0 aliphatic carbocycles. The molecule has 0 saturated carbocycles. The second-order valence-electron chi connectivity index (χ2n) is 34.7. The maximum absolute atomic E-state index is 15.4. The molecule has 1 aliphatic rings. The third-order valence-corrected chi connectivity index (χ3v) is 16.9. The molecular weight excluding hydrogens is 1550 g/mol. The van der Waals surface area contributed by atoms with Crippen LogP contribution < -0.4 is 85.1 Å². The largest absolute Gasteiger partial charge is 0.444 e. The molecule has 1 fully saturated rings. The summed E-state index contributed by atoms with van der Waals surface area (Å²) in [5, 5.41) is 63.2. The molecule has 1 heterocycles. The van der Waals surface area contributed by atoms with E-state index < -0.39 is 254 Å². The number of rotatable bonds is 34. The van der Waals surface area contributed by atoms with Crippen LogP contribution in [0.1, 0.15) is 228 Å². The van der Waals surface area contributed by atoms with Crippen molar-refractivity contribution < 1.29 is 111 Å². The number of hydrogen-bond donors (Lipinski definition) is 18. The maximum atomic E-state index is 15.4. The fraction of sp³-hybridized carbons (Fsp3) is 0.725. The van der Waals surface area contributed by atoms with Gasteiger partial charge in [-0.1, -0.05) is 76.8 Å². The number of unbranched alkanes of at least 4 members (excludes halogenated alkanes) is 4. The highest BCUT2D eigenvalue weighted by atomic mass is 16.6. The van der Waals surface area contributed by atoms with Crippen LogP contribution >= 0.6 is 0 Å². The third kappa shape index (κ3) is 46.0. The Hall–Kier alpha value is -10.3. The van der Waals surface area contributed by atoms with Crippen molar-refractivity contribution in [3.63, 3.8) is 0 Å². The minimum absolute atomic E-state index is 0.00579. The number of carbonyl (C=O) groups excluding carboxylic acids is 16. The van der Waals surface area contributed by atoms with Crippen LogP contribution in [0.25, 0.3) is 0 Å². The summed E-state index contributed by atoms with van der Waals surface area (Å²) in [4.78, 5) is 228. The molecule has 0 spiro atoms. The van der Waals surface area contributed by atoms with E-state index in [0.29, 0.717) is 18.4 Å². The number of benzene rings is 1. The van der Waals surface area contributed by atoms with Gasteiger partial charge in [-0.3, -0.25) is 52.7 Å². The van der Waals surface area contributed by atoms with Crippen molar-refractivity contribution in [1.82, 2.24) is 85.1 Å². The molecule has 39 nitrogen and oxygen atoms in total. The van der Waals surface area contributed by atoms with Gasteiger partial charge < -0.3 is 119 Å². The quantitative estimate of drug-likeness (QED) is 0.0348. The van der Waals surface area contributed by atoms with E-state index in [4.69, 9.17) is 23.7 Å². The van der Waals surface area contributed by atoms with Crippen LogP contribution in [0.4, 0.5) is 24.0 Å². The van der Waals surface area contributed by atoms with Crippen LogP contribution in [0.5, 0.6) is 0 Å². The van der Waals surface area contributed by atoms with Crippen molar-refractivity contribution in [2.24, 2.45) is 5.92 Å². The summed E-state index contributed by atoms with van der Waals surface area (Å²) >= 11 is 0. The zero-order chi connectivity index (χ0) is 90.3. The van der Waals surface area contributed by atoms with Crippen molar-refractivity contribution in [3.05, 3.63) is 35.9 Å². The highest BCUT2D eigenvalue weighted by Gasteiger charge is 2.39. The number of hydrogen-bond acceptors (Lipinski definition) is 23. The SMILES string of the molecule is CCCCCCCC(=O)N[C@@H](CCNC(=O)OC(C)(C)C)C(=O)N[C@H](C(=O)N[C@@H](CCNC(=O)OC(C)(C)C)C(=O)N[C@H]1CCNC(=O)[C@H]([C@@H](C)O)NC(=O)[C@H](CCNC(=O)OC(C)(C)C)NC(=O)[C@H](CCNC(=O)OC(C)(C)C)NC(=O)[C@H](CC(C)C)NC(=O)[C@@H](Cc2ccccc2)NC(=O)[C@H](CCNC(=O)OC(C)(C)C)NC1=O)[C@@H](C)O. The predicted molar refractivity (Wildman–Crippen MR) is 438 cm³/mol. The number of carbonyl (C=O) groups is 16. The van der Waals surface area contributed by atoms with Gasteiger partial charge in [0.25, 0.3) is 0 Å². The second-order valence-corrected chi connectivity index (χ2v) is 34.7. The van der Waals surface area contributed by atoms with E-state index in [1.54, 1.807) is 148 Å². The number of alkyl carbamates (subject to hydrolysis) is 5. The fourth-order valence-electron chi connectivity index (χ4n) is 11.4. The number of aliphatic hydroxyl groups excluding tert-OH is 2. The number of ether oxygens (including phenoxy) is 5. The lowest BCUT2D eigenvalue weighted by Gasteiger charge is -2.29. The molecule has 1 aromatic rings. The van der Waals surface area contributed by atoms with Gasteiger partial charge in [-0.2, -0.15) is 0 Å². The molecular formula is C80H136N16O23. The van der Waals surface area contributed by atoms with Gasteiger partial charge in [-0.25, -0.2) is 24.0 Å². The molecule has 0 unspecified atom stereocenters. The average molecular weight is 1690 g/mol. The second kappa shape index (κ2) is 50.5. The van der Waals surface area contributed by atoms with Gasteiger partial charge in [-0.15, -0.1) is 0 Å². The molecule has 674 valence electrons. The van der Waals surface area contributed by atoms with Gasteiger partial charge >= 0.3 is 30.5 Å². The Morgan fingerprint density at radius 2 is 0.815 bits per heavy atom. The predicted octanol–water partition coefficient (Wildman–Crippen LogP) is 2.34. The lowest BCUT2D eigenvalue weighted by Crippen LogP contribution is -2.62. The smallest absolute Gasteiger partial charge is 0.407 e. The van der Waals surface area contributed by atoms with Crippen molar-refractivity contribution in [3.8, 4) is 0 Å². The van der Waals surface area contributed by atoms with Gasteiger partial charge in [0, 0.05) is 52.1 Å². The Bertz CT molecular complexity index is 3510. The van der Waals surface area contributed by atoms with E-state index in [1.165, 1.54) is 0 Å². The standard InChI is InChI=1S/C80H136N16O23/c1-21-22-23-24-28-31-58(99)87-50(33-39-82-71(110)115-76(6,7)8)65(104)96-60(48(5)98)70(109)92-54(36-42-85-74(113)118-79(15,16)17)63(102)88-51-32-38-81-69(108)59(47(4)97)95-66(105)55(37-43-86-75(114)119-80(18,19)20)90-62(101)52(34-40-83-72(111)116-77(9,10)11)91-67(106)56(44-46(2)3)93-68(107)57(45-49-29-26-25-27-30-49)94-64(103)53(89-61(51)100)35-41-84-73(112)117-78(12,13)14/h25-27,29-30,46-48,50-57,59-60,97-98H,21-24,28,31-45H2,1-20H3,(H,81,108)(H,82,110)(H,83,111)(H,84,112)(H,85,113)(H,86,114)(H,87,99)(H,88,102)(H,89,100)(H,90,101)(H,91,106)(H,92,109)(H,93,107)(H,94,103)(H,95,105)(H,96,104)/t47-,48-,50+,51+,52+,53+,54+,55+,56+,57-,59+,60+/m1/s1. The topological polar surface area (TPSA) is 552 Å². The van der Waals surface area contributed by atoms with E-state index in [2.05, 4.69) is 85.1 Å². The van der Waals surface area contributed by atoms with E-state index in [-0.39, 0.29) is 44.7 Å². The summed E-state index contributed by atoms with van der Waals surface area (Å²) < 4.78 is 26.9. The molecule has 2 rings (SSSR count). The van der Waals surface area contributed by atoms with Crippen molar-refractivity contribution >= 4 is 95.4 Å². The molecule has 1 aromatic carbocycles. The molecule has 119 heavy (non-hydrogen) atoms. The van der Waals surface area contributed by atoms with Gasteiger partial charge in [0.15, 0.2) is 0 Å². The molecule has 16 amide bonds. The van der Waals surface area contributed by atoms with Crippen molar-refractivity contribution in [2.75, 3.05) is 39.3 Å². The fourth-order valence-corrected chi connectivity index (χ4v) is 11.4. The molecule has 12 atom stereocenters. The molecule has 39 heteroatoms. The zero-order valence-corrected chi connectivity index (χ0v) is 73.0. The number of nitrogens with one attached hydrogen (secondary N) is 16. The Labute approximate surface area is 698 Å². The Kier molecular flexibility index (Phi) is 44.5. The average Bonchev–Trinajstić information content (AvgIpc) is 1.22. The lowest BCUT2D eigenvalue weighted by molar-refractivity contribution is -0.137. The van der Waals surface area contributed by atoms with Crippen molar-refractivity contribution in [1.29, 1.82) is 0 Å². The van der Waals surface area contributed by atoms with Crippen LogP contribution in [0.3, 0.4) is 0 Å². The molecule has 0 aromatic heterocycles. The first-order valence-corrected chi connectivity index (χ1v) is 40.7. The monoisotopic (exact) mass is 1690 g/mol. The first-order chi connectivity index (χ1) is 55.1. The van der Waals surface area contributed by atoms with Gasteiger partial charge in [0.2, 0.25) is 65.0 Å². The van der Waals surface area contributed by atoms with Crippen LogP contribution in [0.15, 0.2) is 30.3 Å². The summed E-state index contributed by atoms with van der Waals surface area (Å²) in [6.07, 6.45) is -7.53. The molecule has 18 N–H and O–H groups in total. The molecule has 0 radical (unpaired) electrons. The van der Waals surface area contributed by atoms with E-state index >= 15 is 19.2 Å². The molecule has 1 aliphatic heterocycles. The Morgan fingerprint density at radius 3 is 1.23 bits per heavy atom. The Balaban J connectivity index is 3.11. The molecule has 1 saturated heterocycles. The van der Waals surface area contributed by atoms with E-state index in [9.17, 15) is 67.7 Å². The van der Waals surface area contributed by atoms with Crippen LogP contribution in [-0.2, 0) is 82.8 Å². The van der Waals surface area contributed by atoms with Gasteiger partial charge in [0.1, 0.15) is 88.4 Å². The first-order valence-electron chi connectivity index (χ1n) is 40.7. The minimum Gasteiger partial charge on any atom is -0.444 e. The normalized spacial score (nSPS) is 19.8. The summed E-state index contributed by atoms with van der Waals surface area (Å²) in [6, 6.07) is -9.26. The summed E-state index contributed by atoms with van der Waals surface area (Å²) in [5.74, 6) is -12.1. The van der Waals surface area contributed by atoms with Crippen LogP contribution in [0, 0.1) is 5.92 Å². The Morgan fingerprint density at radius 1 is 0.437 bits per heavy atom. The van der Waals surface area contributed by atoms with Gasteiger partial charge in [0.05, 0.1) is 12.2 Å². The zero-order valence-electron chi connectivity index (χ0n) is 73.0. The maximum Gasteiger partial charge on any atom is 0.407 e. The summed E-state index contributed by atoms with van der Waals surface area (Å²) in [6.45, 7) is 29.1. The summed E-state index contributed by atoms with van der Waals surface area (Å²) in [7, 11) is 0. The highest BCUT2D eigenvalue weighted by Crippen LogP contribution is 2.16. The number of aliphatic hydroxyl groups is 2. The number of amides is 16. The van der Waals surface area contributed by atoms with Crippen LogP contribution in [0.2, 0.25) is 0 Å². The minimum atomic E-state index is -1.95. The third-order valence-electron chi connectivity index (χ3n) is 16.9. The van der Waals surface area contributed by atoms with E-state index in [1.807, 2.05) is 6.92 Å². The van der Waals surface area contributed by atoms with Crippen LogP contribution in [-0.4, -0.2) is 246 Å².